The van der Waals surface area contributed by atoms with Crippen molar-refractivity contribution in [2.75, 3.05) is 19.7 Å². The smallest absolute Gasteiger partial charge is 0.107 e. The molecule has 0 saturated heterocycles. The summed E-state index contributed by atoms with van der Waals surface area (Å²) in [6.07, 6.45) is 7.73. The van der Waals surface area contributed by atoms with E-state index < -0.39 is 0 Å². The highest BCUT2D eigenvalue weighted by atomic mass is 16.3. The normalized spacial score (nSPS) is 34.6. The largest absolute Gasteiger partial charge is 0.469 e. The fourth-order valence-electron chi connectivity index (χ4n) is 3.45. The number of aliphatic hydroxyl groups excluding tert-OH is 1. The standard InChI is InChI=1S/C14H19NO2/c16-6-5-15-9-12-10-3-4-11(8-10)14(12)13-2-1-7-17-13/h1-4,7,10-12,14-16H,5-6,8-9H2. The van der Waals surface area contributed by atoms with Gasteiger partial charge in [0.25, 0.3) is 0 Å². The average molecular weight is 233 g/mol. The molecule has 1 heterocycles. The summed E-state index contributed by atoms with van der Waals surface area (Å²) in [6, 6.07) is 4.07. The van der Waals surface area contributed by atoms with Crippen LogP contribution in [0.3, 0.4) is 0 Å². The van der Waals surface area contributed by atoms with Crippen molar-refractivity contribution in [2.24, 2.45) is 17.8 Å². The van der Waals surface area contributed by atoms with E-state index in [1.54, 1.807) is 6.26 Å². The zero-order chi connectivity index (χ0) is 11.7. The minimum Gasteiger partial charge on any atom is -0.469 e. The number of allylic oxidation sites excluding steroid dienone is 2. The van der Waals surface area contributed by atoms with E-state index >= 15 is 0 Å². The Balaban J connectivity index is 1.74. The predicted molar refractivity (Wildman–Crippen MR) is 65.6 cm³/mol. The maximum atomic E-state index is 8.83. The second-order valence-electron chi connectivity index (χ2n) is 5.08. The summed E-state index contributed by atoms with van der Waals surface area (Å²) >= 11 is 0. The lowest BCUT2D eigenvalue weighted by atomic mass is 9.81. The number of hydrogen-bond acceptors (Lipinski definition) is 3. The molecule has 0 amide bonds. The molecule has 2 N–H and O–H groups in total. The van der Waals surface area contributed by atoms with Gasteiger partial charge in [0.15, 0.2) is 0 Å². The molecule has 0 aliphatic heterocycles. The van der Waals surface area contributed by atoms with E-state index in [1.807, 2.05) is 6.07 Å². The summed E-state index contributed by atoms with van der Waals surface area (Å²) in [5, 5.41) is 12.2. The molecule has 1 saturated carbocycles. The Kier molecular flexibility index (Phi) is 3.04. The van der Waals surface area contributed by atoms with Gasteiger partial charge in [0.05, 0.1) is 12.9 Å². The number of furan rings is 1. The van der Waals surface area contributed by atoms with Crippen molar-refractivity contribution in [1.29, 1.82) is 0 Å². The molecule has 0 spiro atoms. The van der Waals surface area contributed by atoms with Crippen LogP contribution in [0, 0.1) is 17.8 Å². The highest BCUT2D eigenvalue weighted by molar-refractivity contribution is 5.23. The number of fused-ring (bicyclic) bond motifs is 2. The highest BCUT2D eigenvalue weighted by Crippen LogP contribution is 2.52. The van der Waals surface area contributed by atoms with Gasteiger partial charge in [-0.2, -0.15) is 0 Å². The second-order valence-corrected chi connectivity index (χ2v) is 5.08. The molecule has 2 bridgehead atoms. The molecular formula is C14H19NO2. The quantitative estimate of drug-likeness (QED) is 0.602. The Hall–Kier alpha value is -1.06. The minimum absolute atomic E-state index is 0.210. The van der Waals surface area contributed by atoms with Gasteiger partial charge in [-0.1, -0.05) is 12.2 Å². The van der Waals surface area contributed by atoms with Crippen LogP contribution in [0.25, 0.3) is 0 Å². The van der Waals surface area contributed by atoms with Gasteiger partial charge in [-0.25, -0.2) is 0 Å². The van der Waals surface area contributed by atoms with Gasteiger partial charge in [0, 0.05) is 12.5 Å². The van der Waals surface area contributed by atoms with E-state index in [0.29, 0.717) is 30.2 Å². The van der Waals surface area contributed by atoms with Crippen LogP contribution in [0.4, 0.5) is 0 Å². The van der Waals surface area contributed by atoms with Crippen molar-refractivity contribution < 1.29 is 9.52 Å². The van der Waals surface area contributed by atoms with Crippen LogP contribution < -0.4 is 5.32 Å². The van der Waals surface area contributed by atoms with Crippen LogP contribution in [0.1, 0.15) is 18.1 Å². The summed E-state index contributed by atoms with van der Waals surface area (Å²) in [5.74, 6) is 3.58. The third-order valence-corrected chi connectivity index (χ3v) is 4.16. The predicted octanol–water partition coefficient (Wildman–Crippen LogP) is 1.77. The molecule has 3 rings (SSSR count). The van der Waals surface area contributed by atoms with Crippen LogP contribution in [0.5, 0.6) is 0 Å². The topological polar surface area (TPSA) is 45.4 Å². The number of aliphatic hydroxyl groups is 1. The first-order chi connectivity index (χ1) is 8.40. The van der Waals surface area contributed by atoms with Crippen LogP contribution in [-0.2, 0) is 0 Å². The van der Waals surface area contributed by atoms with Crippen molar-refractivity contribution in [3.63, 3.8) is 0 Å². The molecule has 1 fully saturated rings. The van der Waals surface area contributed by atoms with Gasteiger partial charge in [-0.05, 0) is 42.9 Å². The molecule has 3 nitrogen and oxygen atoms in total. The molecule has 2 aliphatic carbocycles. The van der Waals surface area contributed by atoms with Crippen molar-refractivity contribution in [1.82, 2.24) is 5.32 Å². The van der Waals surface area contributed by atoms with E-state index in [0.717, 1.165) is 12.3 Å². The maximum Gasteiger partial charge on any atom is 0.107 e. The molecule has 2 aliphatic rings. The number of rotatable bonds is 5. The van der Waals surface area contributed by atoms with Crippen molar-refractivity contribution in [3.05, 3.63) is 36.3 Å². The van der Waals surface area contributed by atoms with Crippen LogP contribution in [-0.4, -0.2) is 24.8 Å². The lowest BCUT2D eigenvalue weighted by Crippen LogP contribution is -2.31. The lowest BCUT2D eigenvalue weighted by molar-refractivity contribution is 0.275. The Labute approximate surface area is 102 Å². The molecule has 0 radical (unpaired) electrons. The van der Waals surface area contributed by atoms with Gasteiger partial charge < -0.3 is 14.8 Å². The third-order valence-electron chi connectivity index (χ3n) is 4.16. The first-order valence-corrected chi connectivity index (χ1v) is 6.43. The third kappa shape index (κ3) is 1.94. The van der Waals surface area contributed by atoms with Gasteiger partial charge in [0.2, 0.25) is 0 Å². The number of hydrogen-bond donors (Lipinski definition) is 2. The van der Waals surface area contributed by atoms with Gasteiger partial charge in [0.1, 0.15) is 5.76 Å². The van der Waals surface area contributed by atoms with E-state index in [-0.39, 0.29) is 6.61 Å². The summed E-state index contributed by atoms with van der Waals surface area (Å²) in [4.78, 5) is 0. The summed E-state index contributed by atoms with van der Waals surface area (Å²) in [5.41, 5.74) is 0. The summed E-state index contributed by atoms with van der Waals surface area (Å²) in [6.45, 7) is 1.86. The molecule has 4 atom stereocenters. The van der Waals surface area contributed by atoms with Gasteiger partial charge in [-0.15, -0.1) is 0 Å². The summed E-state index contributed by atoms with van der Waals surface area (Å²) in [7, 11) is 0. The first-order valence-electron chi connectivity index (χ1n) is 6.43. The zero-order valence-electron chi connectivity index (χ0n) is 9.88. The molecule has 3 heteroatoms. The van der Waals surface area contributed by atoms with E-state index in [4.69, 9.17) is 9.52 Å². The van der Waals surface area contributed by atoms with Crippen LogP contribution in [0.15, 0.2) is 35.0 Å². The Morgan fingerprint density at radius 2 is 2.24 bits per heavy atom. The van der Waals surface area contributed by atoms with Crippen LogP contribution >= 0.6 is 0 Å². The molecule has 4 unspecified atom stereocenters. The summed E-state index contributed by atoms with van der Waals surface area (Å²) < 4.78 is 5.60. The number of nitrogens with one attached hydrogen (secondary N) is 1. The van der Waals surface area contributed by atoms with Crippen molar-refractivity contribution >= 4 is 0 Å². The zero-order valence-corrected chi connectivity index (χ0v) is 9.88. The molecule has 92 valence electrons. The Morgan fingerprint density at radius 1 is 1.35 bits per heavy atom. The van der Waals surface area contributed by atoms with Crippen LogP contribution in [0.2, 0.25) is 0 Å². The van der Waals surface area contributed by atoms with Crippen molar-refractivity contribution in [2.45, 2.75) is 12.3 Å². The SMILES string of the molecule is OCCNCC1C2C=CC(C2)C1c1ccco1. The Bertz CT molecular complexity index is 385. The van der Waals surface area contributed by atoms with Gasteiger partial charge in [-0.3, -0.25) is 0 Å². The van der Waals surface area contributed by atoms with Crippen molar-refractivity contribution in [3.8, 4) is 0 Å². The Morgan fingerprint density at radius 3 is 3.00 bits per heavy atom. The fraction of sp³-hybridized carbons (Fsp3) is 0.571. The highest BCUT2D eigenvalue weighted by Gasteiger charge is 2.45. The molecule has 17 heavy (non-hydrogen) atoms. The van der Waals surface area contributed by atoms with E-state index in [1.165, 1.54) is 6.42 Å². The van der Waals surface area contributed by atoms with Gasteiger partial charge >= 0.3 is 0 Å². The maximum absolute atomic E-state index is 8.83. The fourth-order valence-corrected chi connectivity index (χ4v) is 3.45. The monoisotopic (exact) mass is 233 g/mol. The lowest BCUT2D eigenvalue weighted by Gasteiger charge is -2.26. The molecule has 0 aromatic carbocycles. The van der Waals surface area contributed by atoms with E-state index in [9.17, 15) is 0 Å². The molecule has 1 aromatic rings. The first kappa shape index (κ1) is 11.1. The minimum atomic E-state index is 0.210. The van der Waals surface area contributed by atoms with E-state index in [2.05, 4.69) is 23.5 Å². The second kappa shape index (κ2) is 4.67. The molecular weight excluding hydrogens is 214 g/mol. The molecule has 1 aromatic heterocycles. The average Bonchev–Trinajstić information content (AvgIpc) is 3.05.